The lowest BCUT2D eigenvalue weighted by Gasteiger charge is -2.45. The van der Waals surface area contributed by atoms with Crippen molar-refractivity contribution in [3.8, 4) is 0 Å². The van der Waals surface area contributed by atoms with E-state index in [0.717, 1.165) is 0 Å². The van der Waals surface area contributed by atoms with E-state index in [4.69, 9.17) is 24.1 Å². The van der Waals surface area contributed by atoms with Gasteiger partial charge in [0.1, 0.15) is 48.8 Å². The van der Waals surface area contributed by atoms with Crippen LogP contribution in [0.25, 0.3) is 0 Å². The van der Waals surface area contributed by atoms with Gasteiger partial charge in [-0.2, -0.15) is 0 Å². The van der Waals surface area contributed by atoms with Crippen LogP contribution in [0.4, 0.5) is 0 Å². The van der Waals surface area contributed by atoms with Gasteiger partial charge in [0.2, 0.25) is 0 Å². The van der Waals surface area contributed by atoms with Crippen LogP contribution in [0.5, 0.6) is 0 Å². The van der Waals surface area contributed by atoms with Crippen LogP contribution < -0.4 is 0 Å². The Morgan fingerprint density at radius 3 is 2.04 bits per heavy atom. The molecular formula is C13H24O11. The van der Waals surface area contributed by atoms with Crippen molar-refractivity contribution in [1.82, 2.24) is 0 Å². The van der Waals surface area contributed by atoms with E-state index >= 15 is 0 Å². The first-order chi connectivity index (χ1) is 11.3. The molecule has 0 bridgehead atoms. The van der Waals surface area contributed by atoms with Gasteiger partial charge in [-0.1, -0.05) is 0 Å². The second-order valence-electron chi connectivity index (χ2n) is 5.80. The highest BCUT2D eigenvalue weighted by Crippen LogP contribution is 2.28. The Kier molecular flexibility index (Phi) is 6.87. The first-order valence-electron chi connectivity index (χ1n) is 7.46. The first-order valence-corrected chi connectivity index (χ1v) is 7.46. The van der Waals surface area contributed by atoms with Gasteiger partial charge in [0.15, 0.2) is 12.6 Å². The van der Waals surface area contributed by atoms with E-state index < -0.39 is 68.0 Å². The van der Waals surface area contributed by atoms with E-state index in [0.29, 0.717) is 0 Å². The molecule has 24 heavy (non-hydrogen) atoms. The number of ether oxygens (including phenoxy) is 4. The maximum Gasteiger partial charge on any atom is 0.187 e. The lowest BCUT2D eigenvalue weighted by molar-refractivity contribution is -0.355. The topological polar surface area (TPSA) is 179 Å². The second-order valence-corrected chi connectivity index (χ2v) is 5.80. The van der Waals surface area contributed by atoms with Gasteiger partial charge < -0.3 is 54.7 Å². The number of hydrogen-bond donors (Lipinski definition) is 7. The maximum absolute atomic E-state index is 10.1. The van der Waals surface area contributed by atoms with Gasteiger partial charge in [-0.25, -0.2) is 0 Å². The van der Waals surface area contributed by atoms with Gasteiger partial charge in [0.05, 0.1) is 13.2 Å². The molecule has 2 saturated heterocycles. The van der Waals surface area contributed by atoms with Crippen LogP contribution in [0.2, 0.25) is 0 Å². The SMILES string of the molecule is COCC1O[C@H](O)C(O)[C@H](O)[C@@H]1O[C@@H]1OC(CO)[C@H](O)[C@@H](O)C1O. The van der Waals surface area contributed by atoms with Crippen LogP contribution in [-0.2, 0) is 18.9 Å². The van der Waals surface area contributed by atoms with Crippen molar-refractivity contribution in [2.45, 2.75) is 61.4 Å². The fourth-order valence-electron chi connectivity index (χ4n) is 2.72. The van der Waals surface area contributed by atoms with Crippen molar-refractivity contribution in [2.24, 2.45) is 0 Å². The van der Waals surface area contributed by atoms with E-state index in [1.54, 1.807) is 0 Å². The smallest absolute Gasteiger partial charge is 0.187 e. The molecule has 0 aromatic carbocycles. The minimum absolute atomic E-state index is 0.108. The normalized spacial score (nSPS) is 50.0. The highest BCUT2D eigenvalue weighted by Gasteiger charge is 2.50. The Morgan fingerprint density at radius 2 is 1.46 bits per heavy atom. The van der Waals surface area contributed by atoms with Crippen LogP contribution in [-0.4, -0.2) is 117 Å². The Balaban J connectivity index is 2.13. The molecule has 142 valence electrons. The molecule has 0 aliphatic carbocycles. The van der Waals surface area contributed by atoms with E-state index in [2.05, 4.69) is 0 Å². The summed E-state index contributed by atoms with van der Waals surface area (Å²) in [7, 11) is 1.35. The minimum Gasteiger partial charge on any atom is -0.394 e. The predicted octanol–water partition coefficient (Wildman–Crippen LogP) is -4.74. The highest BCUT2D eigenvalue weighted by atomic mass is 16.7. The zero-order valence-electron chi connectivity index (χ0n) is 13.0. The van der Waals surface area contributed by atoms with E-state index in [1.807, 2.05) is 0 Å². The molecule has 11 heteroatoms. The zero-order chi connectivity index (χ0) is 18.0. The Hall–Kier alpha value is -0.440. The molecule has 0 aromatic rings. The van der Waals surface area contributed by atoms with Crippen LogP contribution in [0.15, 0.2) is 0 Å². The molecule has 2 fully saturated rings. The molecule has 0 amide bonds. The molecule has 7 N–H and O–H groups in total. The summed E-state index contributed by atoms with van der Waals surface area (Å²) in [6.45, 7) is -0.750. The summed E-state index contributed by atoms with van der Waals surface area (Å²) in [5, 5.41) is 67.9. The fourth-order valence-corrected chi connectivity index (χ4v) is 2.72. The number of aliphatic hydroxyl groups is 7. The molecule has 0 spiro atoms. The predicted molar refractivity (Wildman–Crippen MR) is 73.4 cm³/mol. The molecule has 2 heterocycles. The van der Waals surface area contributed by atoms with Crippen molar-refractivity contribution in [3.63, 3.8) is 0 Å². The van der Waals surface area contributed by atoms with Gasteiger partial charge in [-0.3, -0.25) is 0 Å². The van der Waals surface area contributed by atoms with E-state index in [-0.39, 0.29) is 6.61 Å². The van der Waals surface area contributed by atoms with E-state index in [1.165, 1.54) is 7.11 Å². The zero-order valence-corrected chi connectivity index (χ0v) is 13.0. The van der Waals surface area contributed by atoms with Crippen molar-refractivity contribution < 1.29 is 54.7 Å². The van der Waals surface area contributed by atoms with Crippen molar-refractivity contribution in [3.05, 3.63) is 0 Å². The quantitative estimate of drug-likeness (QED) is 0.251. The Labute approximate surface area is 137 Å². The molecule has 2 rings (SSSR count). The summed E-state index contributed by atoms with van der Waals surface area (Å²) in [4.78, 5) is 0. The highest BCUT2D eigenvalue weighted by molar-refractivity contribution is 4.93. The van der Waals surface area contributed by atoms with Gasteiger partial charge >= 0.3 is 0 Å². The molecule has 0 saturated carbocycles. The van der Waals surface area contributed by atoms with Gasteiger partial charge in [-0.15, -0.1) is 0 Å². The van der Waals surface area contributed by atoms with Gasteiger partial charge in [0, 0.05) is 7.11 Å². The summed E-state index contributed by atoms with van der Waals surface area (Å²) >= 11 is 0. The summed E-state index contributed by atoms with van der Waals surface area (Å²) in [6.07, 6.45) is -14.8. The first kappa shape index (κ1) is 19.9. The molecule has 4 unspecified atom stereocenters. The van der Waals surface area contributed by atoms with Gasteiger partial charge in [-0.05, 0) is 0 Å². The van der Waals surface area contributed by atoms with Crippen LogP contribution >= 0.6 is 0 Å². The van der Waals surface area contributed by atoms with Crippen molar-refractivity contribution in [1.29, 1.82) is 0 Å². The number of rotatable bonds is 5. The monoisotopic (exact) mass is 356 g/mol. The third-order valence-electron chi connectivity index (χ3n) is 4.13. The second kappa shape index (κ2) is 8.29. The molecular weight excluding hydrogens is 332 g/mol. The standard InChI is InChI=1S/C13H24O11/c1-21-3-5-11(8(17)9(18)12(20)22-5)24-13-10(19)7(16)6(15)4(2-14)23-13/h4-20H,2-3H2,1H3/t4?,5?,6-,7+,8-,9?,10?,11+,12-,13-/m0/s1. The summed E-state index contributed by atoms with van der Waals surface area (Å²) in [5.41, 5.74) is 0. The molecule has 2 aliphatic heterocycles. The fraction of sp³-hybridized carbons (Fsp3) is 1.00. The maximum atomic E-state index is 10.1. The third-order valence-corrected chi connectivity index (χ3v) is 4.13. The summed E-state index contributed by atoms with van der Waals surface area (Å²) in [6, 6.07) is 0. The molecule has 10 atom stereocenters. The number of methoxy groups -OCH3 is 1. The number of hydrogen-bond acceptors (Lipinski definition) is 11. The Bertz CT molecular complexity index is 394. The summed E-state index contributed by atoms with van der Waals surface area (Å²) in [5.74, 6) is 0. The molecule has 0 aromatic heterocycles. The van der Waals surface area contributed by atoms with Gasteiger partial charge in [0.25, 0.3) is 0 Å². The van der Waals surface area contributed by atoms with Crippen LogP contribution in [0.3, 0.4) is 0 Å². The third kappa shape index (κ3) is 3.86. The molecule has 2 aliphatic rings. The van der Waals surface area contributed by atoms with Crippen LogP contribution in [0.1, 0.15) is 0 Å². The molecule has 0 radical (unpaired) electrons. The van der Waals surface area contributed by atoms with Crippen molar-refractivity contribution in [2.75, 3.05) is 20.3 Å². The number of aliphatic hydroxyl groups excluding tert-OH is 7. The largest absolute Gasteiger partial charge is 0.394 e. The van der Waals surface area contributed by atoms with E-state index in [9.17, 15) is 30.6 Å². The lowest BCUT2D eigenvalue weighted by Crippen LogP contribution is -2.64. The van der Waals surface area contributed by atoms with Crippen LogP contribution in [0, 0.1) is 0 Å². The average molecular weight is 356 g/mol. The molecule has 11 nitrogen and oxygen atoms in total. The average Bonchev–Trinajstić information content (AvgIpc) is 2.56. The summed E-state index contributed by atoms with van der Waals surface area (Å²) < 4.78 is 20.6. The lowest BCUT2D eigenvalue weighted by atomic mass is 9.97. The minimum atomic E-state index is -1.68. The van der Waals surface area contributed by atoms with Crippen molar-refractivity contribution >= 4 is 0 Å². The Morgan fingerprint density at radius 1 is 0.792 bits per heavy atom.